The number of rotatable bonds is 7. The second-order valence-corrected chi connectivity index (χ2v) is 6.70. The second-order valence-electron chi connectivity index (χ2n) is 6.70. The van der Waals surface area contributed by atoms with E-state index in [1.807, 2.05) is 13.0 Å². The zero-order valence-electron chi connectivity index (χ0n) is 15.8. The molecule has 1 amide bonds. The maximum Gasteiger partial charge on any atom is 0.547 e. The van der Waals surface area contributed by atoms with Gasteiger partial charge in [-0.1, -0.05) is 25.5 Å². The number of benzene rings is 1. The molecule has 1 aliphatic heterocycles. The number of unbranched alkanes of at least 4 members (excludes halogenated alkanes) is 1. The molecule has 0 bridgehead atoms. The molecule has 146 valence electrons. The van der Waals surface area contributed by atoms with Crippen LogP contribution < -0.4 is 9.97 Å². The second kappa shape index (κ2) is 9.37. The fourth-order valence-electron chi connectivity index (χ4n) is 3.04. The van der Waals surface area contributed by atoms with Gasteiger partial charge in [-0.15, -0.1) is 0 Å². The summed E-state index contributed by atoms with van der Waals surface area (Å²) in [6.07, 6.45) is 5.50. The number of para-hydroxylation sites is 1. The minimum Gasteiger partial charge on any atom is -0.534 e. The van der Waals surface area contributed by atoms with Crippen molar-refractivity contribution in [3.63, 3.8) is 0 Å². The third-order valence-corrected chi connectivity index (χ3v) is 4.53. The van der Waals surface area contributed by atoms with Crippen LogP contribution >= 0.6 is 0 Å². The van der Waals surface area contributed by atoms with Crippen molar-refractivity contribution in [2.75, 3.05) is 6.61 Å². The van der Waals surface area contributed by atoms with Crippen LogP contribution in [0.5, 0.6) is 5.75 Å². The van der Waals surface area contributed by atoms with Crippen LogP contribution in [-0.2, 0) is 22.4 Å². The van der Waals surface area contributed by atoms with E-state index >= 15 is 0 Å². The van der Waals surface area contributed by atoms with Crippen LogP contribution in [-0.4, -0.2) is 41.6 Å². The van der Waals surface area contributed by atoms with Crippen LogP contribution in [0, 0.1) is 0 Å². The highest BCUT2D eigenvalue weighted by Gasteiger charge is 2.37. The SMILES string of the molecule is CCCCOC(=O)c1cccc2c1OB(O)C(NC(=O)Cc1ccncc1)C2. The lowest BCUT2D eigenvalue weighted by molar-refractivity contribution is -0.120. The molecule has 0 saturated heterocycles. The van der Waals surface area contributed by atoms with E-state index in [1.54, 1.807) is 36.7 Å². The molecule has 1 aliphatic rings. The van der Waals surface area contributed by atoms with E-state index in [4.69, 9.17) is 9.39 Å². The third-order valence-electron chi connectivity index (χ3n) is 4.53. The van der Waals surface area contributed by atoms with Gasteiger partial charge < -0.3 is 19.7 Å². The topological polar surface area (TPSA) is 97.8 Å². The van der Waals surface area contributed by atoms with Gasteiger partial charge in [-0.2, -0.15) is 0 Å². The number of fused-ring (bicyclic) bond motifs is 1. The zero-order chi connectivity index (χ0) is 19.9. The average Bonchev–Trinajstić information content (AvgIpc) is 2.69. The van der Waals surface area contributed by atoms with Crippen molar-refractivity contribution in [1.82, 2.24) is 10.3 Å². The lowest BCUT2D eigenvalue weighted by atomic mass is 9.72. The van der Waals surface area contributed by atoms with E-state index in [2.05, 4.69) is 10.3 Å². The largest absolute Gasteiger partial charge is 0.547 e. The van der Waals surface area contributed by atoms with E-state index < -0.39 is 19.0 Å². The normalized spacial score (nSPS) is 15.4. The number of carbonyl (C=O) groups is 2. The third kappa shape index (κ3) is 4.89. The monoisotopic (exact) mass is 382 g/mol. The van der Waals surface area contributed by atoms with Crippen molar-refractivity contribution in [2.24, 2.45) is 0 Å². The highest BCUT2D eigenvalue weighted by Crippen LogP contribution is 2.30. The summed E-state index contributed by atoms with van der Waals surface area (Å²) in [6, 6.07) is 8.69. The maximum absolute atomic E-state index is 12.3. The number of carbonyl (C=O) groups excluding carboxylic acids is 2. The van der Waals surface area contributed by atoms with Crippen molar-refractivity contribution in [1.29, 1.82) is 0 Å². The van der Waals surface area contributed by atoms with E-state index in [0.717, 1.165) is 24.0 Å². The lowest BCUT2D eigenvalue weighted by Crippen LogP contribution is -2.53. The minimum atomic E-state index is -1.25. The fourth-order valence-corrected chi connectivity index (χ4v) is 3.04. The molecule has 1 atom stereocenters. The van der Waals surface area contributed by atoms with E-state index in [1.165, 1.54) is 0 Å². The van der Waals surface area contributed by atoms with Gasteiger partial charge in [0.15, 0.2) is 0 Å². The number of esters is 1. The Morgan fingerprint density at radius 2 is 2.11 bits per heavy atom. The van der Waals surface area contributed by atoms with Crippen LogP contribution in [0.3, 0.4) is 0 Å². The molecule has 28 heavy (non-hydrogen) atoms. The molecule has 1 aromatic heterocycles. The van der Waals surface area contributed by atoms with Crippen LogP contribution in [0.25, 0.3) is 0 Å². The Balaban J connectivity index is 1.66. The molecule has 7 nitrogen and oxygen atoms in total. The summed E-state index contributed by atoms with van der Waals surface area (Å²) in [7, 11) is -1.25. The number of nitrogens with zero attached hydrogens (tertiary/aromatic N) is 1. The molecule has 2 aromatic rings. The number of hydrogen-bond acceptors (Lipinski definition) is 6. The Morgan fingerprint density at radius 1 is 1.32 bits per heavy atom. The molecule has 0 radical (unpaired) electrons. The number of ether oxygens (including phenoxy) is 1. The first-order valence-corrected chi connectivity index (χ1v) is 9.40. The highest BCUT2D eigenvalue weighted by atomic mass is 16.5. The Labute approximate surface area is 164 Å². The Hall–Kier alpha value is -2.87. The molecule has 3 rings (SSSR count). The van der Waals surface area contributed by atoms with Gasteiger partial charge in [0.2, 0.25) is 5.91 Å². The van der Waals surface area contributed by atoms with Crippen molar-refractivity contribution < 1.29 is 24.0 Å². The predicted molar refractivity (Wildman–Crippen MR) is 104 cm³/mol. The van der Waals surface area contributed by atoms with Crippen molar-refractivity contribution in [2.45, 2.75) is 38.5 Å². The van der Waals surface area contributed by atoms with Gasteiger partial charge in [0.1, 0.15) is 11.3 Å². The molecule has 2 N–H and O–H groups in total. The average molecular weight is 382 g/mol. The molecular formula is C20H23BN2O5. The molecule has 0 aliphatic carbocycles. The van der Waals surface area contributed by atoms with E-state index in [9.17, 15) is 14.6 Å². The van der Waals surface area contributed by atoms with E-state index in [0.29, 0.717) is 18.8 Å². The quantitative estimate of drug-likeness (QED) is 0.430. The molecule has 2 heterocycles. The summed E-state index contributed by atoms with van der Waals surface area (Å²) in [5, 5.41) is 13.2. The van der Waals surface area contributed by atoms with Gasteiger partial charge in [-0.05, 0) is 42.2 Å². The van der Waals surface area contributed by atoms with Crippen LogP contribution in [0.1, 0.15) is 41.3 Å². The first-order chi connectivity index (χ1) is 13.6. The molecular weight excluding hydrogens is 359 g/mol. The number of amides is 1. The molecule has 1 unspecified atom stereocenters. The highest BCUT2D eigenvalue weighted by molar-refractivity contribution is 6.47. The lowest BCUT2D eigenvalue weighted by Gasteiger charge is -2.29. The molecule has 0 spiro atoms. The first-order valence-electron chi connectivity index (χ1n) is 9.40. The first kappa shape index (κ1) is 19.9. The summed E-state index contributed by atoms with van der Waals surface area (Å²) in [5.41, 5.74) is 1.86. The summed E-state index contributed by atoms with van der Waals surface area (Å²) in [4.78, 5) is 28.5. The van der Waals surface area contributed by atoms with Crippen molar-refractivity contribution in [3.8, 4) is 5.75 Å². The number of hydrogen-bond donors (Lipinski definition) is 2. The van der Waals surface area contributed by atoms with Gasteiger partial charge in [0.25, 0.3) is 0 Å². The van der Waals surface area contributed by atoms with Gasteiger partial charge in [-0.3, -0.25) is 9.78 Å². The van der Waals surface area contributed by atoms with E-state index in [-0.39, 0.29) is 17.9 Å². The van der Waals surface area contributed by atoms with Crippen LogP contribution in [0.4, 0.5) is 0 Å². The number of nitrogens with one attached hydrogen (secondary N) is 1. The summed E-state index contributed by atoms with van der Waals surface area (Å²) in [6.45, 7) is 2.36. The molecule has 0 saturated carbocycles. The Morgan fingerprint density at radius 3 is 2.86 bits per heavy atom. The van der Waals surface area contributed by atoms with Gasteiger partial charge in [-0.25, -0.2) is 4.79 Å². The molecule has 0 fully saturated rings. The van der Waals surface area contributed by atoms with Gasteiger partial charge in [0.05, 0.1) is 19.0 Å². The zero-order valence-corrected chi connectivity index (χ0v) is 15.8. The molecule has 8 heteroatoms. The Bertz CT molecular complexity index is 831. The minimum absolute atomic E-state index is 0.183. The number of pyridine rings is 1. The van der Waals surface area contributed by atoms with Crippen molar-refractivity contribution >= 4 is 19.0 Å². The van der Waals surface area contributed by atoms with Crippen molar-refractivity contribution in [3.05, 3.63) is 59.4 Å². The summed E-state index contributed by atoms with van der Waals surface area (Å²) in [5.74, 6) is -0.987. The van der Waals surface area contributed by atoms with Crippen LogP contribution in [0.2, 0.25) is 0 Å². The number of aromatic nitrogens is 1. The Kier molecular flexibility index (Phi) is 6.65. The maximum atomic E-state index is 12.3. The van der Waals surface area contributed by atoms with Gasteiger partial charge in [0, 0.05) is 12.4 Å². The smallest absolute Gasteiger partial charge is 0.534 e. The summed E-state index contributed by atoms with van der Waals surface area (Å²) < 4.78 is 10.8. The fraction of sp³-hybridized carbons (Fsp3) is 0.350. The standard InChI is InChI=1S/C20H23BN2O5/c1-2-3-11-27-20(25)16-6-4-5-15-13-17(21(26)28-19(15)16)23-18(24)12-14-7-9-22-10-8-14/h4-10,17,26H,2-3,11-13H2,1H3,(H,23,24). The van der Waals surface area contributed by atoms with Gasteiger partial charge >= 0.3 is 13.1 Å². The van der Waals surface area contributed by atoms with Crippen LogP contribution in [0.15, 0.2) is 42.7 Å². The molecule has 1 aromatic carbocycles. The predicted octanol–water partition coefficient (Wildman–Crippen LogP) is 1.72. The summed E-state index contributed by atoms with van der Waals surface area (Å²) >= 11 is 0.